The minimum atomic E-state index is -0.140. The summed E-state index contributed by atoms with van der Waals surface area (Å²) in [5.74, 6) is 1.42. The third-order valence-corrected chi connectivity index (χ3v) is 6.58. The standard InChI is InChI=1S/C22H22N8O3S2/c1-29-13-23-27-21(29)34-11-19(31)25-15-3-7-17(8-4-15)33-18-9-5-16(6-10-18)26-20(32)12-35-22-28-24-14-30(22)2/h3-10,13-14H,11-12H2,1-2H3,(H,25,31)(H,26,32). The Morgan fingerprint density at radius 1 is 0.743 bits per heavy atom. The summed E-state index contributed by atoms with van der Waals surface area (Å²) in [5.41, 5.74) is 1.33. The summed E-state index contributed by atoms with van der Waals surface area (Å²) >= 11 is 2.62. The van der Waals surface area contributed by atoms with Crippen LogP contribution in [0.5, 0.6) is 11.5 Å². The van der Waals surface area contributed by atoms with E-state index in [1.807, 2.05) is 14.1 Å². The van der Waals surface area contributed by atoms with Crippen molar-refractivity contribution in [2.45, 2.75) is 10.3 Å². The van der Waals surface area contributed by atoms with Gasteiger partial charge in [0, 0.05) is 25.5 Å². The zero-order chi connectivity index (χ0) is 24.6. The molecule has 0 unspecified atom stereocenters. The highest BCUT2D eigenvalue weighted by atomic mass is 32.2. The van der Waals surface area contributed by atoms with Gasteiger partial charge in [-0.3, -0.25) is 9.59 Å². The molecule has 0 saturated heterocycles. The second kappa shape index (κ2) is 11.5. The summed E-state index contributed by atoms with van der Waals surface area (Å²) in [6.45, 7) is 0. The van der Waals surface area contributed by atoms with E-state index in [0.717, 1.165) is 0 Å². The van der Waals surface area contributed by atoms with Crippen LogP contribution in [0.25, 0.3) is 0 Å². The molecule has 0 saturated carbocycles. The first-order valence-corrected chi connectivity index (χ1v) is 12.3. The average molecular weight is 511 g/mol. The molecule has 0 aliphatic heterocycles. The van der Waals surface area contributed by atoms with Crippen LogP contribution < -0.4 is 15.4 Å². The lowest BCUT2D eigenvalue weighted by atomic mass is 10.3. The number of rotatable bonds is 10. The Hall–Kier alpha value is -3.84. The minimum Gasteiger partial charge on any atom is -0.457 e. The zero-order valence-electron chi connectivity index (χ0n) is 18.9. The fourth-order valence-electron chi connectivity index (χ4n) is 2.81. The van der Waals surface area contributed by atoms with Gasteiger partial charge in [-0.15, -0.1) is 20.4 Å². The highest BCUT2D eigenvalue weighted by molar-refractivity contribution is 8.00. The molecule has 13 heteroatoms. The Morgan fingerprint density at radius 2 is 1.14 bits per heavy atom. The van der Waals surface area contributed by atoms with Crippen LogP contribution in [0.4, 0.5) is 11.4 Å². The lowest BCUT2D eigenvalue weighted by Gasteiger charge is -2.09. The van der Waals surface area contributed by atoms with Crippen LogP contribution in [0.2, 0.25) is 0 Å². The van der Waals surface area contributed by atoms with Crippen molar-refractivity contribution in [3.63, 3.8) is 0 Å². The number of nitrogens with one attached hydrogen (secondary N) is 2. The molecule has 4 aromatic rings. The number of thioether (sulfide) groups is 2. The number of anilines is 2. The molecule has 2 aromatic heterocycles. The molecule has 2 heterocycles. The number of aromatic nitrogens is 6. The molecule has 0 atom stereocenters. The van der Waals surface area contributed by atoms with E-state index in [-0.39, 0.29) is 23.3 Å². The Bertz CT molecular complexity index is 1190. The van der Waals surface area contributed by atoms with E-state index >= 15 is 0 Å². The molecule has 0 aliphatic rings. The van der Waals surface area contributed by atoms with E-state index in [2.05, 4.69) is 31.0 Å². The van der Waals surface area contributed by atoms with Gasteiger partial charge < -0.3 is 24.5 Å². The average Bonchev–Trinajstić information content (AvgIpc) is 3.46. The second-order valence-corrected chi connectivity index (χ2v) is 9.16. The molecular formula is C22H22N8O3S2. The number of carbonyl (C=O) groups excluding carboxylic acids is 2. The number of hydrogen-bond acceptors (Lipinski definition) is 9. The van der Waals surface area contributed by atoms with Crippen molar-refractivity contribution >= 4 is 46.7 Å². The van der Waals surface area contributed by atoms with Crippen LogP contribution in [0.1, 0.15) is 0 Å². The lowest BCUT2D eigenvalue weighted by molar-refractivity contribution is -0.114. The number of ether oxygens (including phenoxy) is 1. The first-order valence-electron chi connectivity index (χ1n) is 10.4. The predicted octanol–water partition coefficient (Wildman–Crippen LogP) is 3.20. The quantitative estimate of drug-likeness (QED) is 0.309. The summed E-state index contributed by atoms with van der Waals surface area (Å²) in [5, 5.41) is 22.5. The van der Waals surface area contributed by atoms with Gasteiger partial charge in [-0.05, 0) is 48.5 Å². The van der Waals surface area contributed by atoms with Gasteiger partial charge in [-0.1, -0.05) is 23.5 Å². The summed E-state index contributed by atoms with van der Waals surface area (Å²) < 4.78 is 9.36. The van der Waals surface area contributed by atoms with Gasteiger partial charge in [0.2, 0.25) is 11.8 Å². The molecule has 0 aliphatic carbocycles. The predicted molar refractivity (Wildman–Crippen MR) is 134 cm³/mol. The summed E-state index contributed by atoms with van der Waals surface area (Å²) in [7, 11) is 3.65. The van der Waals surface area contributed by atoms with E-state index < -0.39 is 0 Å². The monoisotopic (exact) mass is 510 g/mol. The number of aryl methyl sites for hydroxylation is 2. The fraction of sp³-hybridized carbons (Fsp3) is 0.182. The van der Waals surface area contributed by atoms with Crippen LogP contribution in [-0.2, 0) is 23.7 Å². The number of hydrogen-bond donors (Lipinski definition) is 2. The summed E-state index contributed by atoms with van der Waals surface area (Å²) in [6, 6.07) is 14.1. The smallest absolute Gasteiger partial charge is 0.234 e. The minimum absolute atomic E-state index is 0.140. The molecule has 2 amide bonds. The van der Waals surface area contributed by atoms with Gasteiger partial charge >= 0.3 is 0 Å². The van der Waals surface area contributed by atoms with Crippen LogP contribution in [0, 0.1) is 0 Å². The van der Waals surface area contributed by atoms with Crippen molar-refractivity contribution in [2.75, 3.05) is 22.1 Å². The van der Waals surface area contributed by atoms with Gasteiger partial charge in [0.15, 0.2) is 10.3 Å². The molecular weight excluding hydrogens is 488 g/mol. The van der Waals surface area contributed by atoms with Crippen molar-refractivity contribution in [1.29, 1.82) is 0 Å². The van der Waals surface area contributed by atoms with Crippen LogP contribution in [0.3, 0.4) is 0 Å². The van der Waals surface area contributed by atoms with Crippen molar-refractivity contribution in [1.82, 2.24) is 29.5 Å². The first kappa shape index (κ1) is 24.3. The summed E-state index contributed by atoms with van der Waals surface area (Å²) in [6.07, 6.45) is 3.18. The fourth-order valence-corrected chi connectivity index (χ4v) is 4.19. The molecule has 0 radical (unpaired) electrons. The molecule has 2 N–H and O–H groups in total. The van der Waals surface area contributed by atoms with E-state index in [9.17, 15) is 9.59 Å². The molecule has 0 bridgehead atoms. The van der Waals surface area contributed by atoms with E-state index in [0.29, 0.717) is 33.2 Å². The zero-order valence-corrected chi connectivity index (χ0v) is 20.5. The van der Waals surface area contributed by atoms with E-state index in [1.165, 1.54) is 23.5 Å². The first-order chi connectivity index (χ1) is 17.0. The number of amides is 2. The number of carbonyl (C=O) groups is 2. The molecule has 0 fully saturated rings. The molecule has 11 nitrogen and oxygen atoms in total. The normalized spacial score (nSPS) is 10.7. The van der Waals surface area contributed by atoms with Crippen molar-refractivity contribution in [2.24, 2.45) is 14.1 Å². The Morgan fingerprint density at radius 3 is 1.49 bits per heavy atom. The SMILES string of the molecule is Cn1cnnc1SCC(=O)Nc1ccc(Oc2ccc(NC(=O)CSc3nncn3C)cc2)cc1. The van der Waals surface area contributed by atoms with Gasteiger partial charge in [-0.25, -0.2) is 0 Å². The molecule has 180 valence electrons. The highest BCUT2D eigenvalue weighted by Gasteiger charge is 2.09. The van der Waals surface area contributed by atoms with E-state index in [1.54, 1.807) is 70.3 Å². The highest BCUT2D eigenvalue weighted by Crippen LogP contribution is 2.25. The maximum Gasteiger partial charge on any atom is 0.234 e. The van der Waals surface area contributed by atoms with Gasteiger partial charge in [0.25, 0.3) is 0 Å². The lowest BCUT2D eigenvalue weighted by Crippen LogP contribution is -2.14. The van der Waals surface area contributed by atoms with Crippen molar-refractivity contribution < 1.29 is 14.3 Å². The molecule has 2 aromatic carbocycles. The maximum atomic E-state index is 12.2. The molecule has 0 spiro atoms. The maximum absolute atomic E-state index is 12.2. The third kappa shape index (κ3) is 7.07. The van der Waals surface area contributed by atoms with Crippen LogP contribution in [0.15, 0.2) is 71.5 Å². The largest absolute Gasteiger partial charge is 0.457 e. The number of nitrogens with zero attached hydrogens (tertiary/aromatic N) is 6. The van der Waals surface area contributed by atoms with Crippen molar-refractivity contribution in [3.8, 4) is 11.5 Å². The Balaban J connectivity index is 1.22. The Kier molecular flexibility index (Phi) is 8.00. The summed E-state index contributed by atoms with van der Waals surface area (Å²) in [4.78, 5) is 24.3. The van der Waals surface area contributed by atoms with Crippen LogP contribution >= 0.6 is 23.5 Å². The van der Waals surface area contributed by atoms with Gasteiger partial charge in [-0.2, -0.15) is 0 Å². The third-order valence-electron chi connectivity index (χ3n) is 4.52. The molecule has 35 heavy (non-hydrogen) atoms. The Labute approximate surface area is 209 Å². The second-order valence-electron chi connectivity index (χ2n) is 7.27. The van der Waals surface area contributed by atoms with E-state index in [4.69, 9.17) is 4.74 Å². The molecule has 4 rings (SSSR count). The van der Waals surface area contributed by atoms with Gasteiger partial charge in [0.05, 0.1) is 11.5 Å². The number of benzene rings is 2. The van der Waals surface area contributed by atoms with Crippen molar-refractivity contribution in [3.05, 3.63) is 61.2 Å². The topological polar surface area (TPSA) is 129 Å². The van der Waals surface area contributed by atoms with Gasteiger partial charge in [0.1, 0.15) is 24.2 Å². The van der Waals surface area contributed by atoms with Crippen LogP contribution in [-0.4, -0.2) is 52.8 Å².